The van der Waals surface area contributed by atoms with Crippen LogP contribution in [0.4, 0.5) is 11.4 Å². The van der Waals surface area contributed by atoms with Gasteiger partial charge in [-0.25, -0.2) is 8.42 Å². The lowest BCUT2D eigenvalue weighted by Gasteiger charge is -2.11. The third-order valence-corrected chi connectivity index (χ3v) is 5.16. The maximum atomic E-state index is 12.1. The summed E-state index contributed by atoms with van der Waals surface area (Å²) in [5, 5.41) is 2.86. The van der Waals surface area contributed by atoms with Gasteiger partial charge in [-0.15, -0.1) is 0 Å². The number of rotatable bonds is 8. The van der Waals surface area contributed by atoms with E-state index in [0.29, 0.717) is 17.8 Å². The molecule has 0 radical (unpaired) electrons. The van der Waals surface area contributed by atoms with Gasteiger partial charge in [0.05, 0.1) is 11.4 Å². The summed E-state index contributed by atoms with van der Waals surface area (Å²) in [5.74, 6) is -0.0241. The molecule has 0 spiro atoms. The van der Waals surface area contributed by atoms with Crippen molar-refractivity contribution in [1.82, 2.24) is 0 Å². The molecule has 25 heavy (non-hydrogen) atoms. The first-order valence-corrected chi connectivity index (χ1v) is 10.00. The van der Waals surface area contributed by atoms with E-state index >= 15 is 0 Å². The van der Waals surface area contributed by atoms with E-state index in [2.05, 4.69) is 22.2 Å². The van der Waals surface area contributed by atoms with Crippen molar-refractivity contribution >= 4 is 27.3 Å². The summed E-state index contributed by atoms with van der Waals surface area (Å²) in [7, 11) is -3.31. The number of hydrogen-bond acceptors (Lipinski definition) is 3. The molecule has 0 aliphatic rings. The Balaban J connectivity index is 1.87. The van der Waals surface area contributed by atoms with E-state index in [1.165, 1.54) is 5.56 Å². The Labute approximate surface area is 149 Å². The van der Waals surface area contributed by atoms with Gasteiger partial charge in [-0.05, 0) is 56.0 Å². The highest BCUT2D eigenvalue weighted by molar-refractivity contribution is 7.92. The van der Waals surface area contributed by atoms with E-state index in [9.17, 15) is 13.2 Å². The highest BCUT2D eigenvalue weighted by atomic mass is 32.2. The van der Waals surface area contributed by atoms with Gasteiger partial charge >= 0.3 is 0 Å². The van der Waals surface area contributed by atoms with Gasteiger partial charge < -0.3 is 5.32 Å². The van der Waals surface area contributed by atoms with Crippen LogP contribution < -0.4 is 10.0 Å². The van der Waals surface area contributed by atoms with Crippen molar-refractivity contribution in [3.8, 4) is 0 Å². The van der Waals surface area contributed by atoms with E-state index in [4.69, 9.17) is 0 Å². The Bertz CT molecular complexity index is 818. The number of sulfonamides is 1. The minimum Gasteiger partial charge on any atom is -0.326 e. The zero-order valence-electron chi connectivity index (χ0n) is 14.6. The second-order valence-electron chi connectivity index (χ2n) is 5.92. The number of benzene rings is 2. The topological polar surface area (TPSA) is 75.3 Å². The van der Waals surface area contributed by atoms with Crippen LogP contribution in [-0.2, 0) is 21.2 Å². The Hall–Kier alpha value is -2.34. The van der Waals surface area contributed by atoms with Gasteiger partial charge in [-0.1, -0.05) is 30.3 Å². The molecule has 6 heteroatoms. The highest BCUT2D eigenvalue weighted by Crippen LogP contribution is 2.21. The van der Waals surface area contributed by atoms with Crippen LogP contribution in [0.15, 0.2) is 48.5 Å². The van der Waals surface area contributed by atoms with Crippen molar-refractivity contribution < 1.29 is 13.2 Å². The largest absolute Gasteiger partial charge is 0.326 e. The van der Waals surface area contributed by atoms with E-state index in [1.54, 1.807) is 32.0 Å². The van der Waals surface area contributed by atoms with Crippen LogP contribution in [0, 0.1) is 6.92 Å². The van der Waals surface area contributed by atoms with Crippen molar-refractivity contribution in [2.75, 3.05) is 15.8 Å². The zero-order valence-corrected chi connectivity index (χ0v) is 15.4. The van der Waals surface area contributed by atoms with Gasteiger partial charge in [0.1, 0.15) is 0 Å². The second-order valence-corrected chi connectivity index (χ2v) is 7.93. The fourth-order valence-electron chi connectivity index (χ4n) is 2.42. The zero-order chi connectivity index (χ0) is 18.3. The third kappa shape index (κ3) is 6.23. The highest BCUT2D eigenvalue weighted by Gasteiger charge is 2.10. The summed E-state index contributed by atoms with van der Waals surface area (Å²) in [6.45, 7) is 3.39. The molecule has 134 valence electrons. The van der Waals surface area contributed by atoms with Crippen molar-refractivity contribution in [3.05, 3.63) is 59.7 Å². The Kier molecular flexibility index (Phi) is 6.58. The molecule has 2 N–H and O–H groups in total. The standard InChI is InChI=1S/C19H24N2O3S/c1-3-25(23,24)21-18-13-12-17(14-15(18)2)20-19(22)11-7-10-16-8-5-4-6-9-16/h4-6,8-9,12-14,21H,3,7,10-11H2,1-2H3,(H,20,22). The quantitative estimate of drug-likeness (QED) is 0.753. The van der Waals surface area contributed by atoms with E-state index in [-0.39, 0.29) is 11.7 Å². The van der Waals surface area contributed by atoms with E-state index in [1.807, 2.05) is 18.2 Å². The number of anilines is 2. The van der Waals surface area contributed by atoms with Crippen molar-refractivity contribution in [3.63, 3.8) is 0 Å². The molecule has 0 fully saturated rings. The minimum atomic E-state index is -3.31. The first kappa shape index (κ1) is 19.0. The second kappa shape index (κ2) is 8.67. The Morgan fingerprint density at radius 3 is 2.44 bits per heavy atom. The number of hydrogen-bond donors (Lipinski definition) is 2. The van der Waals surface area contributed by atoms with Crippen LogP contribution >= 0.6 is 0 Å². The van der Waals surface area contributed by atoms with Gasteiger partial charge in [0.15, 0.2) is 0 Å². The fourth-order valence-corrected chi connectivity index (χ4v) is 3.13. The lowest BCUT2D eigenvalue weighted by molar-refractivity contribution is -0.116. The molecule has 5 nitrogen and oxygen atoms in total. The number of nitrogens with one attached hydrogen (secondary N) is 2. The summed E-state index contributed by atoms with van der Waals surface area (Å²) < 4.78 is 25.8. The SMILES string of the molecule is CCS(=O)(=O)Nc1ccc(NC(=O)CCCc2ccccc2)cc1C. The van der Waals surface area contributed by atoms with Gasteiger partial charge in [0.2, 0.25) is 15.9 Å². The van der Waals surface area contributed by atoms with Crippen LogP contribution in [0.5, 0.6) is 0 Å². The van der Waals surface area contributed by atoms with Crippen LogP contribution in [0.2, 0.25) is 0 Å². The molecule has 0 aliphatic carbocycles. The van der Waals surface area contributed by atoms with Crippen LogP contribution in [0.1, 0.15) is 30.9 Å². The predicted molar refractivity (Wildman–Crippen MR) is 102 cm³/mol. The molecule has 0 saturated heterocycles. The van der Waals surface area contributed by atoms with Gasteiger partial charge in [0.25, 0.3) is 0 Å². The van der Waals surface area contributed by atoms with Crippen LogP contribution in [0.3, 0.4) is 0 Å². The molecule has 0 aliphatic heterocycles. The average molecular weight is 360 g/mol. The number of amides is 1. The van der Waals surface area contributed by atoms with Crippen LogP contribution in [0.25, 0.3) is 0 Å². The van der Waals surface area contributed by atoms with Gasteiger partial charge in [0, 0.05) is 12.1 Å². The number of carbonyl (C=O) groups excluding carboxylic acids is 1. The minimum absolute atomic E-state index is 0.0202. The summed E-state index contributed by atoms with van der Waals surface area (Å²) in [6.07, 6.45) is 2.09. The molecule has 0 saturated carbocycles. The lowest BCUT2D eigenvalue weighted by atomic mass is 10.1. The van der Waals surface area contributed by atoms with E-state index in [0.717, 1.165) is 18.4 Å². The summed E-state index contributed by atoms with van der Waals surface area (Å²) >= 11 is 0. The normalized spacial score (nSPS) is 11.1. The summed E-state index contributed by atoms with van der Waals surface area (Å²) in [4.78, 5) is 12.1. The molecule has 0 unspecified atom stereocenters. The maximum absolute atomic E-state index is 12.1. The number of carbonyl (C=O) groups is 1. The predicted octanol–water partition coefficient (Wildman–Crippen LogP) is 3.72. The summed E-state index contributed by atoms with van der Waals surface area (Å²) in [5.41, 5.74) is 3.18. The molecule has 0 atom stereocenters. The molecular formula is C19H24N2O3S. The van der Waals surface area contributed by atoms with Crippen molar-refractivity contribution in [2.45, 2.75) is 33.1 Å². The van der Waals surface area contributed by atoms with Gasteiger partial charge in [-0.2, -0.15) is 0 Å². The number of aryl methyl sites for hydroxylation is 2. The first-order valence-electron chi connectivity index (χ1n) is 8.34. The average Bonchev–Trinajstić information content (AvgIpc) is 2.58. The van der Waals surface area contributed by atoms with Crippen molar-refractivity contribution in [2.24, 2.45) is 0 Å². The molecule has 1 amide bonds. The summed E-state index contributed by atoms with van der Waals surface area (Å²) in [6, 6.07) is 15.2. The Morgan fingerprint density at radius 1 is 1.08 bits per heavy atom. The monoisotopic (exact) mass is 360 g/mol. The first-order chi connectivity index (χ1) is 11.9. The molecule has 2 aromatic carbocycles. The molecule has 2 rings (SSSR count). The lowest BCUT2D eigenvalue weighted by Crippen LogP contribution is -2.16. The smallest absolute Gasteiger partial charge is 0.232 e. The third-order valence-electron chi connectivity index (χ3n) is 3.87. The fraction of sp³-hybridized carbons (Fsp3) is 0.316. The molecule has 0 bridgehead atoms. The molecular weight excluding hydrogens is 336 g/mol. The Morgan fingerprint density at radius 2 is 1.80 bits per heavy atom. The van der Waals surface area contributed by atoms with Crippen molar-refractivity contribution in [1.29, 1.82) is 0 Å². The van der Waals surface area contributed by atoms with Gasteiger partial charge in [-0.3, -0.25) is 9.52 Å². The molecule has 2 aromatic rings. The van der Waals surface area contributed by atoms with E-state index < -0.39 is 10.0 Å². The maximum Gasteiger partial charge on any atom is 0.232 e. The van der Waals surface area contributed by atoms with Crippen LogP contribution in [-0.4, -0.2) is 20.1 Å². The molecule has 0 aromatic heterocycles. The molecule has 0 heterocycles.